The van der Waals surface area contributed by atoms with E-state index in [9.17, 15) is 4.79 Å². The fraction of sp³-hybridized carbons (Fsp3) is 0.444. The molecule has 0 unspecified atom stereocenters. The number of rotatable bonds is 7. The van der Waals surface area contributed by atoms with Gasteiger partial charge in [-0.25, -0.2) is 4.98 Å². The number of amides is 1. The molecule has 1 heterocycles. The van der Waals surface area contributed by atoms with Gasteiger partial charge in [0.2, 0.25) is 5.91 Å². The summed E-state index contributed by atoms with van der Waals surface area (Å²) in [5.41, 5.74) is 2.06. The van der Waals surface area contributed by atoms with Crippen LogP contribution in [0.5, 0.6) is 0 Å². The van der Waals surface area contributed by atoms with Gasteiger partial charge >= 0.3 is 0 Å². The number of aromatic nitrogens is 1. The van der Waals surface area contributed by atoms with Gasteiger partial charge < -0.3 is 4.90 Å². The number of nitrogens with one attached hydrogen (secondary N) is 1. The standard InChI is InChI=1S/C18H23N3OS/c1-20(2)11-6-12-21(17(22)15-9-10-15)18-19-16(13-23-18)14-7-4-3-5-8-14/h3-5,7-8,13,15H,6,9-12H2,1-2H3/p+1. The first-order valence-corrected chi connectivity index (χ1v) is 9.14. The second-order valence-corrected chi connectivity index (χ2v) is 7.29. The molecule has 1 aliphatic carbocycles. The van der Waals surface area contributed by atoms with Gasteiger partial charge in [0.1, 0.15) is 0 Å². The number of benzene rings is 1. The number of hydrogen-bond donors (Lipinski definition) is 1. The summed E-state index contributed by atoms with van der Waals surface area (Å²) in [5.74, 6) is 0.485. The van der Waals surface area contributed by atoms with Crippen molar-refractivity contribution in [2.75, 3.05) is 32.1 Å². The Hall–Kier alpha value is -1.72. The molecular formula is C18H24N3OS+. The lowest BCUT2D eigenvalue weighted by Crippen LogP contribution is -3.05. The molecule has 1 aliphatic rings. The first-order valence-electron chi connectivity index (χ1n) is 8.26. The Morgan fingerprint density at radius 1 is 1.30 bits per heavy atom. The van der Waals surface area contributed by atoms with Gasteiger partial charge in [0.15, 0.2) is 5.13 Å². The summed E-state index contributed by atoms with van der Waals surface area (Å²) >= 11 is 1.57. The van der Waals surface area contributed by atoms with Crippen LogP contribution in [-0.2, 0) is 4.79 Å². The normalized spacial score (nSPS) is 14.2. The molecule has 1 saturated carbocycles. The van der Waals surface area contributed by atoms with E-state index >= 15 is 0 Å². The van der Waals surface area contributed by atoms with Crippen molar-refractivity contribution in [1.82, 2.24) is 4.98 Å². The lowest BCUT2D eigenvalue weighted by Gasteiger charge is -2.20. The van der Waals surface area contributed by atoms with E-state index < -0.39 is 0 Å². The van der Waals surface area contributed by atoms with Gasteiger partial charge in [0.25, 0.3) is 0 Å². The van der Waals surface area contributed by atoms with Crippen LogP contribution >= 0.6 is 11.3 Å². The summed E-state index contributed by atoms with van der Waals surface area (Å²) in [6, 6.07) is 10.1. The molecule has 4 nitrogen and oxygen atoms in total. The van der Waals surface area contributed by atoms with Gasteiger partial charge in [-0.15, -0.1) is 11.3 Å². The van der Waals surface area contributed by atoms with Crippen molar-refractivity contribution in [2.24, 2.45) is 5.92 Å². The summed E-state index contributed by atoms with van der Waals surface area (Å²) in [6.45, 7) is 1.83. The highest BCUT2D eigenvalue weighted by Crippen LogP contribution is 2.35. The zero-order valence-corrected chi connectivity index (χ0v) is 14.6. The van der Waals surface area contributed by atoms with Gasteiger partial charge in [0, 0.05) is 29.8 Å². The topological polar surface area (TPSA) is 37.6 Å². The van der Waals surface area contributed by atoms with Crippen molar-refractivity contribution in [2.45, 2.75) is 19.3 Å². The van der Waals surface area contributed by atoms with Crippen LogP contribution in [0.15, 0.2) is 35.7 Å². The minimum Gasteiger partial charge on any atom is -0.340 e. The van der Waals surface area contributed by atoms with Crippen molar-refractivity contribution in [3.05, 3.63) is 35.7 Å². The van der Waals surface area contributed by atoms with Crippen LogP contribution in [0.1, 0.15) is 19.3 Å². The van der Waals surface area contributed by atoms with E-state index in [1.54, 1.807) is 11.3 Å². The van der Waals surface area contributed by atoms with Crippen LogP contribution in [0.2, 0.25) is 0 Å². The molecular weight excluding hydrogens is 306 g/mol. The number of thiazole rings is 1. The minimum atomic E-state index is 0.228. The Kier molecular flexibility index (Phi) is 5.08. The van der Waals surface area contributed by atoms with Gasteiger partial charge in [-0.1, -0.05) is 30.3 Å². The largest absolute Gasteiger partial charge is 0.340 e. The number of carbonyl (C=O) groups is 1. The first-order chi connectivity index (χ1) is 11.1. The van der Waals surface area contributed by atoms with E-state index in [4.69, 9.17) is 4.98 Å². The predicted octanol–water partition coefficient (Wildman–Crippen LogP) is 2.09. The lowest BCUT2D eigenvalue weighted by molar-refractivity contribution is -0.858. The highest BCUT2D eigenvalue weighted by atomic mass is 32.1. The summed E-state index contributed by atoms with van der Waals surface area (Å²) < 4.78 is 0. The maximum Gasteiger partial charge on any atom is 0.231 e. The van der Waals surface area contributed by atoms with Crippen molar-refractivity contribution in [3.63, 3.8) is 0 Å². The third-order valence-electron chi connectivity index (χ3n) is 4.04. The van der Waals surface area contributed by atoms with E-state index in [-0.39, 0.29) is 11.8 Å². The van der Waals surface area contributed by atoms with Crippen molar-refractivity contribution >= 4 is 22.4 Å². The number of hydrogen-bond acceptors (Lipinski definition) is 3. The lowest BCUT2D eigenvalue weighted by atomic mass is 10.2. The molecule has 23 heavy (non-hydrogen) atoms. The van der Waals surface area contributed by atoms with Crippen LogP contribution in [0.4, 0.5) is 5.13 Å². The maximum absolute atomic E-state index is 12.6. The van der Waals surface area contributed by atoms with E-state index in [0.29, 0.717) is 0 Å². The predicted molar refractivity (Wildman–Crippen MR) is 94.9 cm³/mol. The Balaban J connectivity index is 1.76. The molecule has 1 fully saturated rings. The van der Waals surface area contributed by atoms with E-state index in [1.807, 2.05) is 23.1 Å². The smallest absolute Gasteiger partial charge is 0.231 e. The number of quaternary nitrogens is 1. The molecule has 0 radical (unpaired) electrons. The third kappa shape index (κ3) is 4.18. The maximum atomic E-state index is 12.6. The molecule has 1 amide bonds. The van der Waals surface area contributed by atoms with Crippen LogP contribution in [0.3, 0.4) is 0 Å². The van der Waals surface area contributed by atoms with Crippen LogP contribution in [-0.4, -0.2) is 38.1 Å². The summed E-state index contributed by atoms with van der Waals surface area (Å²) in [4.78, 5) is 20.7. The fourth-order valence-electron chi connectivity index (χ4n) is 2.57. The molecule has 2 aromatic rings. The first kappa shape index (κ1) is 16.1. The molecule has 0 spiro atoms. The molecule has 1 aromatic carbocycles. The molecule has 122 valence electrons. The van der Waals surface area contributed by atoms with Gasteiger partial charge in [-0.2, -0.15) is 0 Å². The summed E-state index contributed by atoms with van der Waals surface area (Å²) in [6.07, 6.45) is 3.07. The van der Waals surface area contributed by atoms with E-state index in [1.165, 1.54) is 4.90 Å². The van der Waals surface area contributed by atoms with Crippen LogP contribution in [0.25, 0.3) is 11.3 Å². The highest BCUT2D eigenvalue weighted by molar-refractivity contribution is 7.14. The Morgan fingerprint density at radius 2 is 2.04 bits per heavy atom. The van der Waals surface area contributed by atoms with Crippen molar-refractivity contribution in [3.8, 4) is 11.3 Å². The van der Waals surface area contributed by atoms with Crippen molar-refractivity contribution in [1.29, 1.82) is 0 Å². The van der Waals surface area contributed by atoms with E-state index in [0.717, 1.165) is 48.7 Å². The number of carbonyl (C=O) groups excluding carboxylic acids is 1. The molecule has 0 aliphatic heterocycles. The van der Waals surface area contributed by atoms with Crippen LogP contribution < -0.4 is 9.80 Å². The zero-order valence-electron chi connectivity index (χ0n) is 13.8. The molecule has 0 atom stereocenters. The van der Waals surface area contributed by atoms with Crippen LogP contribution in [0, 0.1) is 5.92 Å². The zero-order chi connectivity index (χ0) is 16.2. The molecule has 5 heteroatoms. The molecule has 1 aromatic heterocycles. The molecule has 0 saturated heterocycles. The van der Waals surface area contributed by atoms with Gasteiger partial charge in [-0.05, 0) is 12.8 Å². The number of anilines is 1. The molecule has 3 rings (SSSR count). The van der Waals surface area contributed by atoms with Crippen molar-refractivity contribution < 1.29 is 9.69 Å². The molecule has 0 bridgehead atoms. The third-order valence-corrected chi connectivity index (χ3v) is 4.91. The fourth-order valence-corrected chi connectivity index (χ4v) is 3.44. The Morgan fingerprint density at radius 3 is 2.70 bits per heavy atom. The second kappa shape index (κ2) is 7.23. The van der Waals surface area contributed by atoms with Gasteiger partial charge in [0.05, 0.1) is 26.3 Å². The average molecular weight is 330 g/mol. The SMILES string of the molecule is C[NH+](C)CCCN(C(=O)C1CC1)c1nc(-c2ccccc2)cs1. The number of nitrogens with zero attached hydrogens (tertiary/aromatic N) is 2. The second-order valence-electron chi connectivity index (χ2n) is 6.46. The van der Waals surface area contributed by atoms with Gasteiger partial charge in [-0.3, -0.25) is 9.69 Å². The summed E-state index contributed by atoms with van der Waals surface area (Å²) in [7, 11) is 4.29. The highest BCUT2D eigenvalue weighted by Gasteiger charge is 2.35. The average Bonchev–Trinajstić information content (AvgIpc) is 3.29. The molecule has 1 N–H and O–H groups in total. The Bertz CT molecular complexity index is 649. The monoisotopic (exact) mass is 330 g/mol. The minimum absolute atomic E-state index is 0.228. The Labute approximate surface area is 141 Å². The summed E-state index contributed by atoms with van der Waals surface area (Å²) in [5, 5.41) is 2.89. The van der Waals surface area contributed by atoms with E-state index in [2.05, 4.69) is 31.6 Å². The quantitative estimate of drug-likeness (QED) is 0.844.